The van der Waals surface area contributed by atoms with Crippen LogP contribution in [-0.2, 0) is 4.79 Å². The fourth-order valence-electron chi connectivity index (χ4n) is 3.61. The first-order chi connectivity index (χ1) is 13.7. The molecule has 1 heterocycles. The van der Waals surface area contributed by atoms with Crippen LogP contribution in [-0.4, -0.2) is 31.3 Å². The molecule has 0 bridgehead atoms. The molecule has 5 nitrogen and oxygen atoms in total. The number of nitrogens with zero attached hydrogens (tertiary/aromatic N) is 2. The zero-order chi connectivity index (χ0) is 21.2. The number of benzene rings is 2. The van der Waals surface area contributed by atoms with E-state index in [9.17, 15) is 9.18 Å². The Morgan fingerprint density at radius 3 is 2.86 bits per heavy atom. The average Bonchev–Trinajstić information content (AvgIpc) is 2.66. The number of hydrogen-bond acceptors (Lipinski definition) is 4. The summed E-state index contributed by atoms with van der Waals surface area (Å²) in [5.41, 5.74) is 4.60. The van der Waals surface area contributed by atoms with Gasteiger partial charge in [-0.3, -0.25) is 4.79 Å². The Balaban J connectivity index is 1.66. The third-order valence-corrected chi connectivity index (χ3v) is 5.65. The van der Waals surface area contributed by atoms with E-state index in [1.807, 2.05) is 7.05 Å². The number of carbonyl (C=O) groups excluding carboxylic acids is 1. The lowest BCUT2D eigenvalue weighted by molar-refractivity contribution is -0.123. The van der Waals surface area contributed by atoms with Gasteiger partial charge in [-0.15, -0.1) is 0 Å². The maximum absolute atomic E-state index is 14.6. The Kier molecular flexibility index (Phi) is 6.13. The van der Waals surface area contributed by atoms with Crippen LogP contribution in [0.4, 0.5) is 10.1 Å². The molecule has 29 heavy (non-hydrogen) atoms. The highest BCUT2D eigenvalue weighted by Gasteiger charge is 2.34. The molecular formula is C22H25ClFN3O2. The lowest BCUT2D eigenvalue weighted by Gasteiger charge is -2.45. The van der Waals surface area contributed by atoms with Crippen molar-refractivity contribution in [2.75, 3.05) is 18.6 Å². The van der Waals surface area contributed by atoms with Crippen LogP contribution in [0.3, 0.4) is 0 Å². The monoisotopic (exact) mass is 417 g/mol. The van der Waals surface area contributed by atoms with E-state index in [-0.39, 0.29) is 18.0 Å². The number of hydrogen-bond donors (Lipinski definition) is 1. The summed E-state index contributed by atoms with van der Waals surface area (Å²) in [6, 6.07) is 10.2. The predicted molar refractivity (Wildman–Crippen MR) is 115 cm³/mol. The molecule has 3 rings (SSSR count). The molecule has 0 saturated carbocycles. The minimum Gasteiger partial charge on any atom is -0.482 e. The van der Waals surface area contributed by atoms with E-state index < -0.39 is 5.91 Å². The van der Waals surface area contributed by atoms with E-state index >= 15 is 0 Å². The Bertz CT molecular complexity index is 946. The number of halogens is 2. The number of para-hydroxylation sites is 1. The van der Waals surface area contributed by atoms with Crippen molar-refractivity contribution in [3.8, 4) is 5.75 Å². The molecule has 1 atom stereocenters. The minimum absolute atomic E-state index is 0.0376. The predicted octanol–water partition coefficient (Wildman–Crippen LogP) is 4.73. The SMILES string of the molecule is CC1CC(C)(C)N(C)c2cc(F)c(/C=N/NC(=O)COc3ccccc3Cl)cc21. The molecule has 0 saturated heterocycles. The fraction of sp³-hybridized carbons (Fsp3) is 0.364. The van der Waals surface area contributed by atoms with Gasteiger partial charge in [-0.05, 0) is 56.0 Å². The summed E-state index contributed by atoms with van der Waals surface area (Å²) >= 11 is 5.98. The molecule has 1 N–H and O–H groups in total. The van der Waals surface area contributed by atoms with Crippen LogP contribution in [0.5, 0.6) is 5.75 Å². The molecule has 1 aliphatic rings. The number of fused-ring (bicyclic) bond motifs is 1. The summed E-state index contributed by atoms with van der Waals surface area (Å²) in [5.74, 6) is -0.141. The van der Waals surface area contributed by atoms with Crippen LogP contribution in [0.15, 0.2) is 41.5 Å². The molecular weight excluding hydrogens is 393 g/mol. The van der Waals surface area contributed by atoms with Crippen molar-refractivity contribution in [1.29, 1.82) is 0 Å². The maximum Gasteiger partial charge on any atom is 0.277 e. The second-order valence-corrected chi connectivity index (χ2v) is 8.33. The summed E-state index contributed by atoms with van der Waals surface area (Å²) in [4.78, 5) is 14.0. The second kappa shape index (κ2) is 8.41. The Hall–Kier alpha value is -2.60. The van der Waals surface area contributed by atoms with Crippen LogP contribution in [0.2, 0.25) is 5.02 Å². The van der Waals surface area contributed by atoms with Crippen molar-refractivity contribution in [2.45, 2.75) is 38.6 Å². The smallest absolute Gasteiger partial charge is 0.277 e. The quantitative estimate of drug-likeness (QED) is 0.565. The number of hydrazone groups is 1. The van der Waals surface area contributed by atoms with Gasteiger partial charge in [-0.2, -0.15) is 5.10 Å². The molecule has 0 spiro atoms. The summed E-state index contributed by atoms with van der Waals surface area (Å²) in [7, 11) is 1.98. The molecule has 1 unspecified atom stereocenters. The van der Waals surface area contributed by atoms with Crippen molar-refractivity contribution in [3.05, 3.63) is 58.4 Å². The first kappa shape index (κ1) is 21.1. The Morgan fingerprint density at radius 1 is 1.41 bits per heavy atom. The minimum atomic E-state index is -0.464. The first-order valence-electron chi connectivity index (χ1n) is 9.45. The van der Waals surface area contributed by atoms with Gasteiger partial charge in [0.05, 0.1) is 11.2 Å². The lowest BCUT2D eigenvalue weighted by atomic mass is 9.80. The zero-order valence-corrected chi connectivity index (χ0v) is 17.8. The highest BCUT2D eigenvalue weighted by atomic mass is 35.5. The summed E-state index contributed by atoms with van der Waals surface area (Å²) < 4.78 is 19.9. The van der Waals surface area contributed by atoms with Gasteiger partial charge in [0.25, 0.3) is 5.91 Å². The van der Waals surface area contributed by atoms with Crippen molar-refractivity contribution in [1.82, 2.24) is 5.43 Å². The van der Waals surface area contributed by atoms with Gasteiger partial charge in [0.1, 0.15) is 11.6 Å². The van der Waals surface area contributed by atoms with E-state index in [4.69, 9.17) is 16.3 Å². The van der Waals surface area contributed by atoms with E-state index in [1.54, 1.807) is 30.3 Å². The molecule has 7 heteroatoms. The lowest BCUT2D eigenvalue weighted by Crippen LogP contribution is -2.45. The number of nitrogens with one attached hydrogen (secondary N) is 1. The third-order valence-electron chi connectivity index (χ3n) is 5.34. The summed E-state index contributed by atoms with van der Waals surface area (Å²) in [6.45, 7) is 6.20. The molecule has 154 valence electrons. The van der Waals surface area contributed by atoms with E-state index in [1.165, 1.54) is 12.3 Å². The van der Waals surface area contributed by atoms with Crippen molar-refractivity contribution < 1.29 is 13.9 Å². The van der Waals surface area contributed by atoms with Crippen LogP contribution in [0, 0.1) is 5.82 Å². The van der Waals surface area contributed by atoms with Gasteiger partial charge in [-0.25, -0.2) is 9.82 Å². The molecule has 2 aromatic carbocycles. The normalized spacial score (nSPS) is 17.9. The topological polar surface area (TPSA) is 53.9 Å². The molecule has 1 amide bonds. The molecule has 0 fully saturated rings. The molecule has 2 aromatic rings. The number of rotatable bonds is 5. The van der Waals surface area contributed by atoms with Gasteiger partial charge in [0.2, 0.25) is 0 Å². The van der Waals surface area contributed by atoms with Gasteiger partial charge in [0, 0.05) is 23.8 Å². The van der Waals surface area contributed by atoms with Gasteiger partial charge in [0.15, 0.2) is 6.61 Å². The van der Waals surface area contributed by atoms with Gasteiger partial charge >= 0.3 is 0 Å². The van der Waals surface area contributed by atoms with Crippen molar-refractivity contribution in [2.24, 2.45) is 5.10 Å². The Morgan fingerprint density at radius 2 is 2.14 bits per heavy atom. The van der Waals surface area contributed by atoms with Crippen molar-refractivity contribution in [3.63, 3.8) is 0 Å². The fourth-order valence-corrected chi connectivity index (χ4v) is 3.80. The Labute approximate surface area is 175 Å². The third kappa shape index (κ3) is 4.70. The molecule has 0 radical (unpaired) electrons. The van der Waals surface area contributed by atoms with Crippen LogP contribution < -0.4 is 15.1 Å². The van der Waals surface area contributed by atoms with Crippen LogP contribution in [0.25, 0.3) is 0 Å². The van der Waals surface area contributed by atoms with Crippen LogP contribution >= 0.6 is 11.6 Å². The summed E-state index contributed by atoms with van der Waals surface area (Å²) in [6.07, 6.45) is 2.28. The molecule has 0 aromatic heterocycles. The van der Waals surface area contributed by atoms with Crippen LogP contribution in [0.1, 0.15) is 44.2 Å². The highest BCUT2D eigenvalue weighted by molar-refractivity contribution is 6.32. The van der Waals surface area contributed by atoms with E-state index in [2.05, 4.69) is 36.2 Å². The van der Waals surface area contributed by atoms with Gasteiger partial charge < -0.3 is 9.64 Å². The van der Waals surface area contributed by atoms with Gasteiger partial charge in [-0.1, -0.05) is 30.7 Å². The largest absolute Gasteiger partial charge is 0.482 e. The number of ether oxygens (including phenoxy) is 1. The zero-order valence-electron chi connectivity index (χ0n) is 17.0. The van der Waals surface area contributed by atoms with E-state index in [0.29, 0.717) is 22.3 Å². The standard InChI is InChI=1S/C22H25ClFN3O2/c1-14-11-22(2,3)27(4)19-10-18(24)15(9-16(14)19)12-25-26-21(28)13-29-20-8-6-5-7-17(20)23/h5-10,12,14H,11,13H2,1-4H3,(H,26,28)/b25-12+. The van der Waals surface area contributed by atoms with E-state index in [0.717, 1.165) is 17.7 Å². The number of amides is 1. The highest BCUT2D eigenvalue weighted by Crippen LogP contribution is 2.43. The van der Waals surface area contributed by atoms with Crippen molar-refractivity contribution >= 4 is 29.4 Å². The molecule has 0 aliphatic carbocycles. The first-order valence-corrected chi connectivity index (χ1v) is 9.83. The second-order valence-electron chi connectivity index (χ2n) is 7.92. The number of carbonyl (C=O) groups is 1. The summed E-state index contributed by atoms with van der Waals surface area (Å²) in [5, 5.41) is 4.29. The molecule has 1 aliphatic heterocycles. The average molecular weight is 418 g/mol. The maximum atomic E-state index is 14.6. The number of anilines is 1.